The molecule has 3 N–H and O–H groups in total. The minimum Gasteiger partial charge on any atom is -0.491 e. The Morgan fingerprint density at radius 1 is 1.08 bits per heavy atom. The van der Waals surface area contributed by atoms with Gasteiger partial charge in [-0.15, -0.1) is 0 Å². The third kappa shape index (κ3) is 5.98. The van der Waals surface area contributed by atoms with Gasteiger partial charge in [-0.3, -0.25) is 9.63 Å². The van der Waals surface area contributed by atoms with Gasteiger partial charge in [-0.05, 0) is 30.3 Å². The molecule has 8 heteroatoms. The Kier molecular flexibility index (Phi) is 7.06. The number of hydrogen-bond donors (Lipinski definition) is 3. The lowest BCUT2D eigenvalue weighted by atomic mass is 10.2. The zero-order valence-corrected chi connectivity index (χ0v) is 14.3. The van der Waals surface area contributed by atoms with E-state index < -0.39 is 11.9 Å². The number of amides is 3. The highest BCUT2D eigenvalue weighted by atomic mass is 35.5. The first kappa shape index (κ1) is 18.6. The molecule has 0 heterocycles. The first-order chi connectivity index (χ1) is 12.1. The smallest absolute Gasteiger partial charge is 0.318 e. The van der Waals surface area contributed by atoms with Crippen molar-refractivity contribution in [1.29, 1.82) is 0 Å². The van der Waals surface area contributed by atoms with Gasteiger partial charge in [-0.2, -0.15) is 0 Å². The summed E-state index contributed by atoms with van der Waals surface area (Å²) in [7, 11) is 1.49. The van der Waals surface area contributed by atoms with Crippen LogP contribution in [0.1, 0.15) is 10.4 Å². The lowest BCUT2D eigenvalue weighted by Gasteiger charge is -2.10. The second-order valence-electron chi connectivity index (χ2n) is 4.84. The molecule has 0 radical (unpaired) electrons. The van der Waals surface area contributed by atoms with Crippen molar-refractivity contribution in [1.82, 2.24) is 10.8 Å². The third-order valence-corrected chi connectivity index (χ3v) is 3.39. The molecule has 3 amide bonds. The summed E-state index contributed by atoms with van der Waals surface area (Å²) in [5, 5.41) is 5.22. The second kappa shape index (κ2) is 9.51. The van der Waals surface area contributed by atoms with Crippen LogP contribution >= 0.6 is 11.6 Å². The molecule has 132 valence electrons. The molecular formula is C17H18ClN3O4. The van der Waals surface area contributed by atoms with Gasteiger partial charge in [0.2, 0.25) is 0 Å². The highest BCUT2D eigenvalue weighted by Crippen LogP contribution is 2.20. The standard InChI is InChI=1S/C17H18ClN3O4/c1-19-17(23)20-12-7-8-15(18)14(11-12)16(22)21-25-10-9-24-13-5-3-2-4-6-13/h2-8,11H,9-10H2,1H3,(H,21,22)(H2,19,20,23). The van der Waals surface area contributed by atoms with Gasteiger partial charge in [-0.1, -0.05) is 29.8 Å². The maximum Gasteiger partial charge on any atom is 0.318 e. The zero-order chi connectivity index (χ0) is 18.1. The van der Waals surface area contributed by atoms with E-state index in [0.29, 0.717) is 11.4 Å². The Labute approximate surface area is 150 Å². The third-order valence-electron chi connectivity index (χ3n) is 3.06. The lowest BCUT2D eigenvalue weighted by molar-refractivity contribution is 0.0200. The molecule has 2 aromatic carbocycles. The zero-order valence-electron chi connectivity index (χ0n) is 13.5. The van der Waals surface area contributed by atoms with Crippen LogP contribution in [0, 0.1) is 0 Å². The average Bonchev–Trinajstić information content (AvgIpc) is 2.63. The summed E-state index contributed by atoms with van der Waals surface area (Å²) in [5.41, 5.74) is 2.90. The summed E-state index contributed by atoms with van der Waals surface area (Å²) in [4.78, 5) is 28.5. The van der Waals surface area contributed by atoms with Gasteiger partial charge in [0, 0.05) is 12.7 Å². The lowest BCUT2D eigenvalue weighted by Crippen LogP contribution is -2.27. The molecule has 0 saturated carbocycles. The van der Waals surface area contributed by atoms with Crippen molar-refractivity contribution >= 4 is 29.2 Å². The van der Waals surface area contributed by atoms with E-state index in [9.17, 15) is 9.59 Å². The van der Waals surface area contributed by atoms with Crippen LogP contribution in [0.3, 0.4) is 0 Å². The molecule has 0 atom stereocenters. The molecule has 0 aliphatic carbocycles. The Bertz CT molecular complexity index is 725. The van der Waals surface area contributed by atoms with Gasteiger partial charge in [0.1, 0.15) is 19.0 Å². The Morgan fingerprint density at radius 2 is 1.84 bits per heavy atom. The predicted molar refractivity (Wildman–Crippen MR) is 94.9 cm³/mol. The summed E-state index contributed by atoms with van der Waals surface area (Å²) in [6, 6.07) is 13.4. The van der Waals surface area contributed by atoms with E-state index in [1.54, 1.807) is 6.07 Å². The summed E-state index contributed by atoms with van der Waals surface area (Å²) < 4.78 is 5.44. The number of carbonyl (C=O) groups excluding carboxylic acids is 2. The Morgan fingerprint density at radius 3 is 2.56 bits per heavy atom. The van der Waals surface area contributed by atoms with E-state index in [1.807, 2.05) is 30.3 Å². The minimum absolute atomic E-state index is 0.161. The van der Waals surface area contributed by atoms with Crippen molar-refractivity contribution in [2.75, 3.05) is 25.6 Å². The van der Waals surface area contributed by atoms with Crippen LogP contribution in [0.15, 0.2) is 48.5 Å². The average molecular weight is 364 g/mol. The first-order valence-corrected chi connectivity index (χ1v) is 7.86. The fourth-order valence-corrected chi connectivity index (χ4v) is 2.06. The molecule has 2 rings (SSSR count). The van der Waals surface area contributed by atoms with Crippen LogP contribution in [0.5, 0.6) is 5.75 Å². The van der Waals surface area contributed by atoms with Crippen LogP contribution in [0.25, 0.3) is 0 Å². The number of para-hydroxylation sites is 1. The van der Waals surface area contributed by atoms with Crippen molar-refractivity contribution in [3.8, 4) is 5.75 Å². The number of hydrogen-bond acceptors (Lipinski definition) is 4. The van der Waals surface area contributed by atoms with Crippen LogP contribution in [-0.4, -0.2) is 32.2 Å². The molecule has 25 heavy (non-hydrogen) atoms. The molecule has 7 nitrogen and oxygen atoms in total. The van der Waals surface area contributed by atoms with E-state index in [-0.39, 0.29) is 23.8 Å². The van der Waals surface area contributed by atoms with E-state index in [4.69, 9.17) is 21.2 Å². The van der Waals surface area contributed by atoms with Crippen LogP contribution < -0.4 is 20.9 Å². The molecule has 0 aliphatic heterocycles. The molecule has 0 spiro atoms. The highest BCUT2D eigenvalue weighted by Gasteiger charge is 2.12. The van der Waals surface area contributed by atoms with Crippen molar-refractivity contribution in [3.05, 3.63) is 59.1 Å². The number of hydroxylamine groups is 1. The fourth-order valence-electron chi connectivity index (χ4n) is 1.86. The number of ether oxygens (including phenoxy) is 1. The molecule has 0 fully saturated rings. The van der Waals surface area contributed by atoms with Gasteiger partial charge in [0.25, 0.3) is 5.91 Å². The van der Waals surface area contributed by atoms with E-state index >= 15 is 0 Å². The van der Waals surface area contributed by atoms with Crippen molar-refractivity contribution in [3.63, 3.8) is 0 Å². The van der Waals surface area contributed by atoms with Crippen molar-refractivity contribution in [2.45, 2.75) is 0 Å². The second-order valence-corrected chi connectivity index (χ2v) is 5.25. The number of nitrogens with one attached hydrogen (secondary N) is 3. The fraction of sp³-hybridized carbons (Fsp3) is 0.176. The molecule has 2 aromatic rings. The molecule has 0 aliphatic rings. The molecule has 0 aromatic heterocycles. The maximum atomic E-state index is 12.1. The molecule has 0 unspecified atom stereocenters. The number of rotatable bonds is 7. The number of halogens is 1. The Balaban J connectivity index is 1.81. The summed E-state index contributed by atoms with van der Waals surface area (Å²) in [6.07, 6.45) is 0. The number of carbonyl (C=O) groups is 2. The van der Waals surface area contributed by atoms with Gasteiger partial charge in [0.05, 0.1) is 10.6 Å². The molecule has 0 saturated heterocycles. The largest absolute Gasteiger partial charge is 0.491 e. The number of anilines is 1. The normalized spacial score (nSPS) is 10.0. The maximum absolute atomic E-state index is 12.1. The van der Waals surface area contributed by atoms with E-state index in [0.717, 1.165) is 0 Å². The van der Waals surface area contributed by atoms with Crippen LogP contribution in [0.4, 0.5) is 10.5 Å². The van der Waals surface area contributed by atoms with E-state index in [1.165, 1.54) is 19.2 Å². The number of urea groups is 1. The predicted octanol–water partition coefficient (Wildman–Crippen LogP) is 2.83. The van der Waals surface area contributed by atoms with Crippen LogP contribution in [0.2, 0.25) is 5.02 Å². The molecular weight excluding hydrogens is 346 g/mol. The monoisotopic (exact) mass is 363 g/mol. The SMILES string of the molecule is CNC(=O)Nc1ccc(Cl)c(C(=O)NOCCOc2ccccc2)c1. The van der Waals surface area contributed by atoms with Crippen molar-refractivity contribution in [2.24, 2.45) is 0 Å². The number of benzene rings is 2. The summed E-state index contributed by atoms with van der Waals surface area (Å²) in [5.74, 6) is 0.193. The van der Waals surface area contributed by atoms with Gasteiger partial charge < -0.3 is 15.4 Å². The topological polar surface area (TPSA) is 88.7 Å². The summed E-state index contributed by atoms with van der Waals surface area (Å²) in [6.45, 7) is 0.435. The van der Waals surface area contributed by atoms with Crippen molar-refractivity contribution < 1.29 is 19.2 Å². The summed E-state index contributed by atoms with van der Waals surface area (Å²) >= 11 is 6.01. The molecule has 0 bridgehead atoms. The van der Waals surface area contributed by atoms with Gasteiger partial charge in [-0.25, -0.2) is 10.3 Å². The first-order valence-electron chi connectivity index (χ1n) is 7.48. The Hall–Kier alpha value is -2.77. The van der Waals surface area contributed by atoms with Gasteiger partial charge >= 0.3 is 6.03 Å². The quantitative estimate of drug-likeness (QED) is 0.521. The highest BCUT2D eigenvalue weighted by molar-refractivity contribution is 6.34. The van der Waals surface area contributed by atoms with Crippen LogP contribution in [-0.2, 0) is 4.84 Å². The minimum atomic E-state index is -0.523. The van der Waals surface area contributed by atoms with Gasteiger partial charge in [0.15, 0.2) is 0 Å². The van der Waals surface area contributed by atoms with E-state index in [2.05, 4.69) is 16.1 Å².